The van der Waals surface area contributed by atoms with Gasteiger partial charge in [-0.15, -0.1) is 0 Å². The fraction of sp³-hybridized carbons (Fsp3) is 0.200. The van der Waals surface area contributed by atoms with Crippen LogP contribution in [0.3, 0.4) is 0 Å². The number of rotatable bonds is 2. The average Bonchev–Trinajstić information content (AvgIpc) is 2.68. The second kappa shape index (κ2) is 5.96. The molecule has 2 heterocycles. The van der Waals surface area contributed by atoms with E-state index in [1.54, 1.807) is 34.3 Å². The molecule has 24 heavy (non-hydrogen) atoms. The number of hydrogen-bond acceptors (Lipinski definition) is 2. The van der Waals surface area contributed by atoms with Crippen LogP contribution in [0, 0.1) is 0 Å². The van der Waals surface area contributed by atoms with E-state index in [0.29, 0.717) is 11.1 Å². The maximum atomic E-state index is 13.0. The number of nitrogens with zero attached hydrogens (tertiary/aromatic N) is 2. The van der Waals surface area contributed by atoms with Crippen molar-refractivity contribution >= 4 is 11.8 Å². The van der Waals surface area contributed by atoms with Gasteiger partial charge in [0.2, 0.25) is 0 Å². The van der Waals surface area contributed by atoms with Crippen molar-refractivity contribution in [2.24, 2.45) is 0 Å². The molecule has 4 heteroatoms. The summed E-state index contributed by atoms with van der Waals surface area (Å²) < 4.78 is 0. The Morgan fingerprint density at radius 2 is 1.04 bits per heavy atom. The van der Waals surface area contributed by atoms with Gasteiger partial charge >= 0.3 is 0 Å². The Labute approximate surface area is 141 Å². The number of carbonyl (C=O) groups is 2. The summed E-state index contributed by atoms with van der Waals surface area (Å²) >= 11 is 0. The Kier molecular flexibility index (Phi) is 3.65. The lowest BCUT2D eigenvalue weighted by Crippen LogP contribution is -2.63. The predicted molar refractivity (Wildman–Crippen MR) is 91.2 cm³/mol. The van der Waals surface area contributed by atoms with Gasteiger partial charge in [0.05, 0.1) is 12.1 Å². The first-order valence-electron chi connectivity index (χ1n) is 8.21. The fourth-order valence-electron chi connectivity index (χ4n) is 3.44. The Hall–Kier alpha value is -2.88. The summed E-state index contributed by atoms with van der Waals surface area (Å²) in [7, 11) is 0. The summed E-state index contributed by atoms with van der Waals surface area (Å²) in [6.45, 7) is 0. The summed E-state index contributed by atoms with van der Waals surface area (Å²) in [6, 6.07) is 18.2. The number of fused-ring (bicyclic) bond motifs is 2. The molecule has 0 radical (unpaired) electrons. The second-order valence-corrected chi connectivity index (χ2v) is 6.13. The first-order chi connectivity index (χ1) is 11.8. The molecular formula is C20H18N2O2. The smallest absolute Gasteiger partial charge is 0.267 e. The minimum atomic E-state index is -0.126. The number of hydrogen-bond donors (Lipinski definition) is 0. The molecule has 1 aliphatic carbocycles. The van der Waals surface area contributed by atoms with Gasteiger partial charge < -0.3 is 0 Å². The van der Waals surface area contributed by atoms with Crippen molar-refractivity contribution in [3.63, 3.8) is 0 Å². The number of benzene rings is 2. The van der Waals surface area contributed by atoms with Crippen molar-refractivity contribution in [3.05, 3.63) is 83.9 Å². The Balaban J connectivity index is 1.72. The van der Waals surface area contributed by atoms with Crippen molar-refractivity contribution in [3.8, 4) is 0 Å². The largest absolute Gasteiger partial charge is 0.273 e. The third-order valence-electron chi connectivity index (χ3n) is 4.63. The number of amides is 2. The lowest BCUT2D eigenvalue weighted by molar-refractivity contribution is -0.0558. The van der Waals surface area contributed by atoms with Crippen LogP contribution in [-0.4, -0.2) is 33.9 Å². The molecule has 5 rings (SSSR count). The molecule has 2 atom stereocenters. The van der Waals surface area contributed by atoms with Crippen LogP contribution in [0.5, 0.6) is 0 Å². The lowest BCUT2D eigenvalue weighted by Gasteiger charge is -2.50. The third-order valence-corrected chi connectivity index (χ3v) is 4.63. The zero-order valence-corrected chi connectivity index (χ0v) is 13.2. The van der Waals surface area contributed by atoms with Crippen LogP contribution in [0.15, 0.2) is 72.8 Å². The monoisotopic (exact) mass is 318 g/mol. The fourth-order valence-corrected chi connectivity index (χ4v) is 3.44. The Morgan fingerprint density at radius 1 is 0.667 bits per heavy atom. The van der Waals surface area contributed by atoms with E-state index in [-0.39, 0.29) is 23.9 Å². The minimum absolute atomic E-state index is 0.0598. The van der Waals surface area contributed by atoms with Crippen molar-refractivity contribution in [1.29, 1.82) is 0 Å². The Morgan fingerprint density at radius 3 is 1.38 bits per heavy atom. The molecular weight excluding hydrogens is 300 g/mol. The normalized spacial score (nSPS) is 21.8. The standard InChI is InChI=1S/C20H18N2O2/c23-19(15-7-3-1-4-8-15)21-17-11-13-18(14-12-17)22(21)20(24)16-9-5-2-6-10-16/h1-11,13,17-18H,12,14H2/t17-,18+. The molecule has 4 nitrogen and oxygen atoms in total. The van der Waals surface area contributed by atoms with E-state index in [1.807, 2.05) is 48.6 Å². The van der Waals surface area contributed by atoms with Crippen LogP contribution in [0.1, 0.15) is 33.6 Å². The molecule has 0 aromatic heterocycles. The van der Waals surface area contributed by atoms with E-state index in [4.69, 9.17) is 0 Å². The maximum Gasteiger partial charge on any atom is 0.273 e. The quantitative estimate of drug-likeness (QED) is 0.797. The van der Waals surface area contributed by atoms with Gasteiger partial charge in [-0.2, -0.15) is 0 Å². The summed E-state index contributed by atoms with van der Waals surface area (Å²) in [6.07, 6.45) is 5.87. The molecule has 1 fully saturated rings. The van der Waals surface area contributed by atoms with E-state index < -0.39 is 0 Å². The van der Waals surface area contributed by atoms with E-state index in [2.05, 4.69) is 0 Å². The van der Waals surface area contributed by atoms with Gasteiger partial charge in [0.15, 0.2) is 0 Å². The van der Waals surface area contributed by atoms with Crippen molar-refractivity contribution in [1.82, 2.24) is 10.0 Å². The van der Waals surface area contributed by atoms with Gasteiger partial charge in [-0.1, -0.05) is 48.6 Å². The molecule has 3 aliphatic rings. The molecule has 2 aliphatic heterocycles. The number of hydrazine groups is 1. The zero-order valence-electron chi connectivity index (χ0n) is 13.2. The molecule has 2 bridgehead atoms. The topological polar surface area (TPSA) is 40.6 Å². The third kappa shape index (κ3) is 2.40. The van der Waals surface area contributed by atoms with Crippen molar-refractivity contribution < 1.29 is 9.59 Å². The molecule has 0 N–H and O–H groups in total. The highest BCUT2D eigenvalue weighted by atomic mass is 16.2. The maximum absolute atomic E-state index is 13.0. The van der Waals surface area contributed by atoms with Gasteiger partial charge in [-0.3, -0.25) is 9.59 Å². The van der Waals surface area contributed by atoms with E-state index in [0.717, 1.165) is 12.8 Å². The average molecular weight is 318 g/mol. The van der Waals surface area contributed by atoms with E-state index in [1.165, 1.54) is 0 Å². The summed E-state index contributed by atoms with van der Waals surface area (Å²) in [5, 5.41) is 3.28. The molecule has 1 saturated heterocycles. The molecule has 2 amide bonds. The molecule has 120 valence electrons. The van der Waals surface area contributed by atoms with Gasteiger partial charge in [-0.25, -0.2) is 10.0 Å². The lowest BCUT2D eigenvalue weighted by atomic mass is 9.93. The highest BCUT2D eigenvalue weighted by molar-refractivity contribution is 6.00. The van der Waals surface area contributed by atoms with Gasteiger partial charge in [0, 0.05) is 11.1 Å². The van der Waals surface area contributed by atoms with Crippen molar-refractivity contribution in [2.45, 2.75) is 24.9 Å². The summed E-state index contributed by atoms with van der Waals surface area (Å²) in [5.41, 5.74) is 1.20. The highest BCUT2D eigenvalue weighted by Crippen LogP contribution is 2.33. The van der Waals surface area contributed by atoms with E-state index >= 15 is 0 Å². The van der Waals surface area contributed by atoms with E-state index in [9.17, 15) is 9.59 Å². The van der Waals surface area contributed by atoms with Crippen LogP contribution in [0.25, 0.3) is 0 Å². The minimum Gasteiger partial charge on any atom is -0.267 e. The molecule has 0 spiro atoms. The first kappa shape index (κ1) is 14.7. The van der Waals surface area contributed by atoms with Crippen LogP contribution < -0.4 is 0 Å². The number of carbonyl (C=O) groups excluding carboxylic acids is 2. The molecule has 0 unspecified atom stereocenters. The first-order valence-corrected chi connectivity index (χ1v) is 8.21. The predicted octanol–water partition coefficient (Wildman–Crippen LogP) is 3.29. The van der Waals surface area contributed by atoms with Crippen LogP contribution >= 0.6 is 0 Å². The van der Waals surface area contributed by atoms with Crippen LogP contribution in [0.2, 0.25) is 0 Å². The zero-order chi connectivity index (χ0) is 16.5. The van der Waals surface area contributed by atoms with Crippen LogP contribution in [-0.2, 0) is 0 Å². The summed E-state index contributed by atoms with van der Waals surface area (Å²) in [5.74, 6) is -0.252. The van der Waals surface area contributed by atoms with Crippen LogP contribution in [0.4, 0.5) is 0 Å². The molecule has 2 aromatic carbocycles. The molecule has 2 aromatic rings. The van der Waals surface area contributed by atoms with Gasteiger partial charge in [0.1, 0.15) is 0 Å². The second-order valence-electron chi connectivity index (χ2n) is 6.13. The van der Waals surface area contributed by atoms with Gasteiger partial charge in [0.25, 0.3) is 11.8 Å². The van der Waals surface area contributed by atoms with Gasteiger partial charge in [-0.05, 0) is 37.1 Å². The van der Waals surface area contributed by atoms with Crippen molar-refractivity contribution in [2.75, 3.05) is 0 Å². The summed E-state index contributed by atoms with van der Waals surface area (Å²) in [4.78, 5) is 26.1. The highest BCUT2D eigenvalue weighted by Gasteiger charge is 2.42. The Bertz CT molecular complexity index is 718. The molecule has 0 saturated carbocycles. The SMILES string of the molecule is O=C(c1ccccc1)N1[C@@H]2C=C[C@@H](CC2)N1C(=O)c1ccccc1.